The Morgan fingerprint density at radius 2 is 1.58 bits per heavy atom. The van der Waals surface area contributed by atoms with E-state index < -0.39 is 8.07 Å². The molecule has 0 bridgehead atoms. The molecule has 4 rings (SSSR count). The molecule has 196 valence electrons. The highest BCUT2D eigenvalue weighted by Crippen LogP contribution is 2.41. The Balaban J connectivity index is 1.47. The normalized spacial score (nSPS) is 14.6. The fraction of sp³-hybridized carbons (Fsp3) is 0.294. The van der Waals surface area contributed by atoms with Crippen LogP contribution in [0.2, 0.25) is 25.7 Å². The monoisotopic (exact) mass is 522 g/mol. The summed E-state index contributed by atoms with van der Waals surface area (Å²) in [6.45, 7) is 13.8. The van der Waals surface area contributed by atoms with Crippen LogP contribution in [0.4, 0.5) is 0 Å². The van der Waals surface area contributed by atoms with Gasteiger partial charge in [0.15, 0.2) is 5.78 Å². The maximum absolute atomic E-state index is 13.1. The van der Waals surface area contributed by atoms with Crippen molar-refractivity contribution in [2.45, 2.75) is 58.3 Å². The average Bonchev–Trinajstić information content (AvgIpc) is 2.87. The van der Waals surface area contributed by atoms with E-state index in [0.717, 1.165) is 18.0 Å². The minimum Gasteiger partial charge on any atom is -0.462 e. The van der Waals surface area contributed by atoms with Gasteiger partial charge in [-0.3, -0.25) is 4.79 Å². The van der Waals surface area contributed by atoms with Gasteiger partial charge in [-0.15, -0.1) is 0 Å². The standard InChI is InChI=1S/C34H38O3Si/c1-24-7-12-26(13-8-24)29-19-20-34(2,3)31-23-28(16-17-30(29)31)32(35)18-11-25-9-14-27(15-10-25)33(36)37-21-22-38(4,5)6/h7-19,23H,20-22H2,1-6H3. The number of esters is 1. The van der Waals surface area contributed by atoms with Gasteiger partial charge >= 0.3 is 5.97 Å². The smallest absolute Gasteiger partial charge is 0.338 e. The molecule has 0 heterocycles. The maximum Gasteiger partial charge on any atom is 0.338 e. The van der Waals surface area contributed by atoms with Crippen molar-refractivity contribution in [1.29, 1.82) is 0 Å². The number of aryl methyl sites for hydroxylation is 1. The van der Waals surface area contributed by atoms with E-state index in [1.807, 2.05) is 18.2 Å². The van der Waals surface area contributed by atoms with E-state index in [4.69, 9.17) is 4.74 Å². The zero-order chi connectivity index (χ0) is 27.5. The lowest BCUT2D eigenvalue weighted by Crippen LogP contribution is -2.22. The molecular weight excluding hydrogens is 484 g/mol. The zero-order valence-electron chi connectivity index (χ0n) is 23.4. The summed E-state index contributed by atoms with van der Waals surface area (Å²) in [7, 11) is -1.24. The highest BCUT2D eigenvalue weighted by Gasteiger charge is 2.29. The Bertz CT molecular complexity index is 1390. The van der Waals surface area contributed by atoms with Crippen LogP contribution in [0.5, 0.6) is 0 Å². The average molecular weight is 523 g/mol. The van der Waals surface area contributed by atoms with E-state index >= 15 is 0 Å². The summed E-state index contributed by atoms with van der Waals surface area (Å²) in [6, 6.07) is 22.8. The van der Waals surface area contributed by atoms with Gasteiger partial charge in [0.1, 0.15) is 0 Å². The summed E-state index contributed by atoms with van der Waals surface area (Å²) in [5.41, 5.74) is 8.08. The van der Waals surface area contributed by atoms with Crippen LogP contribution in [0.25, 0.3) is 11.6 Å². The Labute approximate surface area is 228 Å². The lowest BCUT2D eigenvalue weighted by molar-refractivity contribution is 0.0525. The van der Waals surface area contributed by atoms with Gasteiger partial charge in [0.05, 0.1) is 12.2 Å². The van der Waals surface area contributed by atoms with E-state index in [2.05, 4.69) is 82.9 Å². The first-order valence-corrected chi connectivity index (χ1v) is 17.1. The van der Waals surface area contributed by atoms with Gasteiger partial charge in [0.25, 0.3) is 0 Å². The summed E-state index contributed by atoms with van der Waals surface area (Å²) < 4.78 is 5.42. The van der Waals surface area contributed by atoms with E-state index in [1.54, 1.807) is 24.3 Å². The maximum atomic E-state index is 13.1. The molecule has 0 radical (unpaired) electrons. The Morgan fingerprint density at radius 1 is 0.921 bits per heavy atom. The fourth-order valence-electron chi connectivity index (χ4n) is 4.61. The predicted molar refractivity (Wildman–Crippen MR) is 161 cm³/mol. The SMILES string of the molecule is Cc1ccc(C2=CCC(C)(C)c3cc(C(=O)C=Cc4ccc(C(=O)OCC[Si](C)(C)C)cc4)ccc32)cc1. The van der Waals surface area contributed by atoms with E-state index in [9.17, 15) is 9.59 Å². The van der Waals surface area contributed by atoms with Crippen LogP contribution in [0.3, 0.4) is 0 Å². The summed E-state index contributed by atoms with van der Waals surface area (Å²) in [4.78, 5) is 25.4. The summed E-state index contributed by atoms with van der Waals surface area (Å²) >= 11 is 0. The lowest BCUT2D eigenvalue weighted by atomic mass is 9.71. The van der Waals surface area contributed by atoms with Crippen LogP contribution in [-0.4, -0.2) is 26.4 Å². The topological polar surface area (TPSA) is 43.4 Å². The molecule has 0 spiro atoms. The first-order valence-electron chi connectivity index (χ1n) is 13.3. The third kappa shape index (κ3) is 6.67. The number of carbonyl (C=O) groups is 2. The fourth-order valence-corrected chi connectivity index (χ4v) is 5.32. The molecule has 0 fully saturated rings. The van der Waals surface area contributed by atoms with Crippen LogP contribution in [0, 0.1) is 6.92 Å². The van der Waals surface area contributed by atoms with Gasteiger partial charge in [0.2, 0.25) is 0 Å². The molecule has 0 amide bonds. The molecule has 3 nitrogen and oxygen atoms in total. The van der Waals surface area contributed by atoms with Crippen LogP contribution in [-0.2, 0) is 10.2 Å². The van der Waals surface area contributed by atoms with Crippen LogP contribution in [0.1, 0.15) is 68.8 Å². The third-order valence-corrected chi connectivity index (χ3v) is 8.87. The molecule has 0 atom stereocenters. The number of rotatable bonds is 8. The summed E-state index contributed by atoms with van der Waals surface area (Å²) in [5, 5.41) is 0. The number of allylic oxidation sites excluding steroid dienone is 2. The van der Waals surface area contributed by atoms with Crippen molar-refractivity contribution in [1.82, 2.24) is 0 Å². The molecule has 38 heavy (non-hydrogen) atoms. The molecule has 0 aromatic heterocycles. The van der Waals surface area contributed by atoms with Crippen molar-refractivity contribution in [2.24, 2.45) is 0 Å². The molecule has 1 aliphatic carbocycles. The molecule has 0 aliphatic heterocycles. The van der Waals surface area contributed by atoms with Gasteiger partial charge in [-0.2, -0.15) is 0 Å². The van der Waals surface area contributed by atoms with Crippen LogP contribution in [0.15, 0.2) is 78.9 Å². The number of hydrogen-bond donors (Lipinski definition) is 0. The molecule has 0 unspecified atom stereocenters. The number of ether oxygens (including phenoxy) is 1. The summed E-state index contributed by atoms with van der Waals surface area (Å²) in [6.07, 6.45) is 6.64. The van der Waals surface area contributed by atoms with Crippen molar-refractivity contribution in [3.63, 3.8) is 0 Å². The lowest BCUT2D eigenvalue weighted by Gasteiger charge is -2.32. The second kappa shape index (κ2) is 11.1. The number of ketones is 1. The Morgan fingerprint density at radius 3 is 2.24 bits per heavy atom. The molecule has 3 aromatic rings. The molecule has 0 saturated heterocycles. The first kappa shape index (κ1) is 27.5. The highest BCUT2D eigenvalue weighted by molar-refractivity contribution is 6.76. The van der Waals surface area contributed by atoms with Crippen molar-refractivity contribution < 1.29 is 14.3 Å². The number of benzene rings is 3. The van der Waals surface area contributed by atoms with Crippen molar-refractivity contribution >= 4 is 31.5 Å². The largest absolute Gasteiger partial charge is 0.462 e. The Hall–Kier alpha value is -3.50. The quantitative estimate of drug-likeness (QED) is 0.129. The predicted octanol–water partition coefficient (Wildman–Crippen LogP) is 8.50. The number of fused-ring (bicyclic) bond motifs is 1. The molecule has 4 heteroatoms. The van der Waals surface area contributed by atoms with Gasteiger partial charge in [-0.05, 0) is 76.9 Å². The molecule has 3 aromatic carbocycles. The minimum absolute atomic E-state index is 0.0372. The highest BCUT2D eigenvalue weighted by atomic mass is 28.3. The number of hydrogen-bond acceptors (Lipinski definition) is 3. The van der Waals surface area contributed by atoms with E-state index in [-0.39, 0.29) is 17.2 Å². The zero-order valence-corrected chi connectivity index (χ0v) is 24.4. The molecule has 0 saturated carbocycles. The minimum atomic E-state index is -1.24. The van der Waals surface area contributed by atoms with Crippen LogP contribution < -0.4 is 0 Å². The number of carbonyl (C=O) groups excluding carboxylic acids is 2. The molecule has 0 N–H and O–H groups in total. The van der Waals surface area contributed by atoms with Crippen molar-refractivity contribution in [3.05, 3.63) is 118 Å². The van der Waals surface area contributed by atoms with Gasteiger partial charge in [-0.25, -0.2) is 4.79 Å². The first-order chi connectivity index (χ1) is 17.9. The van der Waals surface area contributed by atoms with Gasteiger partial charge in [0, 0.05) is 13.6 Å². The van der Waals surface area contributed by atoms with Gasteiger partial charge < -0.3 is 4.74 Å². The third-order valence-electron chi connectivity index (χ3n) is 7.16. The molecule has 1 aliphatic rings. The second-order valence-electron chi connectivity index (χ2n) is 12.1. The molecular formula is C34H38O3Si. The van der Waals surface area contributed by atoms with Gasteiger partial charge in [-0.1, -0.05) is 99.7 Å². The van der Waals surface area contributed by atoms with Crippen molar-refractivity contribution in [2.75, 3.05) is 6.61 Å². The van der Waals surface area contributed by atoms with E-state index in [1.165, 1.54) is 27.8 Å². The van der Waals surface area contributed by atoms with Crippen LogP contribution >= 0.6 is 0 Å². The second-order valence-corrected chi connectivity index (χ2v) is 17.7. The summed E-state index contributed by atoms with van der Waals surface area (Å²) in [5.74, 6) is -0.338. The Kier molecular flexibility index (Phi) is 8.03. The van der Waals surface area contributed by atoms with Crippen molar-refractivity contribution in [3.8, 4) is 0 Å². The van der Waals surface area contributed by atoms with E-state index in [0.29, 0.717) is 17.7 Å².